The number of hydrogen-bond donors (Lipinski definition) is 1. The Labute approximate surface area is 96.9 Å². The van der Waals surface area contributed by atoms with Crippen LogP contribution in [0.3, 0.4) is 0 Å². The fourth-order valence-corrected chi connectivity index (χ4v) is 2.45. The molecular formula is C13H20OS. The van der Waals surface area contributed by atoms with E-state index in [1.807, 2.05) is 23.9 Å². The van der Waals surface area contributed by atoms with Crippen molar-refractivity contribution in [1.29, 1.82) is 0 Å². The standard InChI is InChI=1S/C13H20OS/c1-10(2)11(3)8-15-9-12-4-6-13(14)7-5-12/h4-7,10-11,14H,8-9H2,1-3H3. The summed E-state index contributed by atoms with van der Waals surface area (Å²) in [4.78, 5) is 0. The van der Waals surface area contributed by atoms with Crippen molar-refractivity contribution in [1.82, 2.24) is 0 Å². The van der Waals surface area contributed by atoms with Crippen molar-refractivity contribution in [2.45, 2.75) is 26.5 Å². The fourth-order valence-electron chi connectivity index (χ4n) is 1.15. The molecule has 0 amide bonds. The topological polar surface area (TPSA) is 20.2 Å². The Balaban J connectivity index is 2.29. The average molecular weight is 224 g/mol. The summed E-state index contributed by atoms with van der Waals surface area (Å²) in [6.07, 6.45) is 0. The SMILES string of the molecule is CC(C)C(C)CSCc1ccc(O)cc1. The second-order valence-corrected chi connectivity index (χ2v) is 5.43. The number of aromatic hydroxyl groups is 1. The van der Waals surface area contributed by atoms with Gasteiger partial charge >= 0.3 is 0 Å². The highest BCUT2D eigenvalue weighted by Gasteiger charge is 2.06. The van der Waals surface area contributed by atoms with E-state index >= 15 is 0 Å². The molecule has 0 spiro atoms. The molecule has 1 aromatic carbocycles. The zero-order valence-electron chi connectivity index (χ0n) is 9.73. The van der Waals surface area contributed by atoms with Crippen molar-refractivity contribution in [2.24, 2.45) is 11.8 Å². The zero-order valence-corrected chi connectivity index (χ0v) is 10.6. The third kappa shape index (κ3) is 4.61. The third-order valence-corrected chi connectivity index (χ3v) is 4.02. The van der Waals surface area contributed by atoms with Crippen LogP contribution in [-0.4, -0.2) is 10.9 Å². The fraction of sp³-hybridized carbons (Fsp3) is 0.538. The minimum Gasteiger partial charge on any atom is -0.508 e. The van der Waals surface area contributed by atoms with E-state index in [9.17, 15) is 0 Å². The predicted molar refractivity (Wildman–Crippen MR) is 68.3 cm³/mol. The molecule has 1 atom stereocenters. The van der Waals surface area contributed by atoms with E-state index in [2.05, 4.69) is 20.8 Å². The molecule has 1 rings (SSSR count). The van der Waals surface area contributed by atoms with Crippen LogP contribution in [-0.2, 0) is 5.75 Å². The molecule has 1 unspecified atom stereocenters. The molecule has 0 bridgehead atoms. The van der Waals surface area contributed by atoms with Gasteiger partial charge in [-0.25, -0.2) is 0 Å². The largest absolute Gasteiger partial charge is 0.508 e. The molecule has 0 saturated carbocycles. The highest BCUT2D eigenvalue weighted by molar-refractivity contribution is 7.98. The van der Waals surface area contributed by atoms with Gasteiger partial charge in [0.2, 0.25) is 0 Å². The molecule has 84 valence electrons. The van der Waals surface area contributed by atoms with Crippen molar-refractivity contribution in [3.05, 3.63) is 29.8 Å². The summed E-state index contributed by atoms with van der Waals surface area (Å²) in [7, 11) is 0. The first kappa shape index (κ1) is 12.4. The van der Waals surface area contributed by atoms with Gasteiger partial charge in [0.1, 0.15) is 5.75 Å². The molecule has 0 aliphatic rings. The average Bonchev–Trinajstić information content (AvgIpc) is 2.20. The van der Waals surface area contributed by atoms with Crippen molar-refractivity contribution in [3.63, 3.8) is 0 Å². The Morgan fingerprint density at radius 2 is 1.73 bits per heavy atom. The van der Waals surface area contributed by atoms with Crippen LogP contribution in [0.25, 0.3) is 0 Å². The van der Waals surface area contributed by atoms with E-state index in [1.54, 1.807) is 12.1 Å². The van der Waals surface area contributed by atoms with Gasteiger partial charge in [-0.2, -0.15) is 11.8 Å². The van der Waals surface area contributed by atoms with E-state index in [1.165, 1.54) is 11.3 Å². The minimum atomic E-state index is 0.347. The van der Waals surface area contributed by atoms with Crippen molar-refractivity contribution >= 4 is 11.8 Å². The Hall–Kier alpha value is -0.630. The number of phenolic OH excluding ortho intramolecular Hbond substituents is 1. The molecule has 0 aliphatic carbocycles. The van der Waals surface area contributed by atoms with Crippen LogP contribution in [0.5, 0.6) is 5.75 Å². The van der Waals surface area contributed by atoms with Crippen LogP contribution in [0.15, 0.2) is 24.3 Å². The lowest BCUT2D eigenvalue weighted by molar-refractivity contribution is 0.464. The van der Waals surface area contributed by atoms with Crippen LogP contribution in [0.1, 0.15) is 26.3 Å². The van der Waals surface area contributed by atoms with E-state index in [0.29, 0.717) is 5.75 Å². The summed E-state index contributed by atoms with van der Waals surface area (Å²) >= 11 is 1.97. The zero-order chi connectivity index (χ0) is 11.3. The van der Waals surface area contributed by atoms with Crippen LogP contribution in [0.2, 0.25) is 0 Å². The molecule has 1 aromatic rings. The summed E-state index contributed by atoms with van der Waals surface area (Å²) < 4.78 is 0. The molecular weight excluding hydrogens is 204 g/mol. The first-order valence-corrected chi connectivity index (χ1v) is 6.60. The van der Waals surface area contributed by atoms with E-state index in [4.69, 9.17) is 5.11 Å². The molecule has 1 N–H and O–H groups in total. The number of benzene rings is 1. The maximum Gasteiger partial charge on any atom is 0.115 e. The van der Waals surface area contributed by atoms with Gasteiger partial charge in [0.05, 0.1) is 0 Å². The smallest absolute Gasteiger partial charge is 0.115 e. The third-order valence-electron chi connectivity index (χ3n) is 2.72. The van der Waals surface area contributed by atoms with E-state index in [0.717, 1.165) is 17.6 Å². The van der Waals surface area contributed by atoms with Gasteiger partial charge in [0.15, 0.2) is 0 Å². The quantitative estimate of drug-likeness (QED) is 0.818. The van der Waals surface area contributed by atoms with Crippen LogP contribution >= 0.6 is 11.8 Å². The van der Waals surface area contributed by atoms with Crippen LogP contribution in [0, 0.1) is 11.8 Å². The summed E-state index contributed by atoms with van der Waals surface area (Å²) in [5.74, 6) is 4.12. The predicted octanol–water partition coefficient (Wildman–Crippen LogP) is 3.92. The van der Waals surface area contributed by atoms with E-state index < -0.39 is 0 Å². The molecule has 0 fully saturated rings. The monoisotopic (exact) mass is 224 g/mol. The number of phenols is 1. The molecule has 0 radical (unpaired) electrons. The second kappa shape index (κ2) is 6.06. The maximum atomic E-state index is 9.14. The summed E-state index contributed by atoms with van der Waals surface area (Å²) in [5.41, 5.74) is 1.29. The van der Waals surface area contributed by atoms with Gasteiger partial charge in [-0.05, 0) is 35.3 Å². The molecule has 15 heavy (non-hydrogen) atoms. The lowest BCUT2D eigenvalue weighted by atomic mass is 10.0. The van der Waals surface area contributed by atoms with Gasteiger partial charge in [-0.3, -0.25) is 0 Å². The lowest BCUT2D eigenvalue weighted by Gasteiger charge is -2.14. The van der Waals surface area contributed by atoms with Gasteiger partial charge in [-0.15, -0.1) is 0 Å². The number of thioether (sulfide) groups is 1. The van der Waals surface area contributed by atoms with Gasteiger partial charge < -0.3 is 5.11 Å². The highest BCUT2D eigenvalue weighted by Crippen LogP contribution is 2.20. The maximum absolute atomic E-state index is 9.14. The van der Waals surface area contributed by atoms with Crippen LogP contribution in [0.4, 0.5) is 0 Å². The minimum absolute atomic E-state index is 0.347. The molecule has 0 heterocycles. The number of rotatable bonds is 5. The molecule has 1 nitrogen and oxygen atoms in total. The molecule has 0 aromatic heterocycles. The molecule has 0 saturated heterocycles. The Morgan fingerprint density at radius 3 is 2.27 bits per heavy atom. The first-order chi connectivity index (χ1) is 7.09. The van der Waals surface area contributed by atoms with Crippen molar-refractivity contribution in [3.8, 4) is 5.75 Å². The summed E-state index contributed by atoms with van der Waals surface area (Å²) in [6.45, 7) is 6.84. The summed E-state index contributed by atoms with van der Waals surface area (Å²) in [6, 6.07) is 7.48. The van der Waals surface area contributed by atoms with Gasteiger partial charge in [0, 0.05) is 5.75 Å². The first-order valence-electron chi connectivity index (χ1n) is 5.45. The van der Waals surface area contributed by atoms with Crippen molar-refractivity contribution < 1.29 is 5.11 Å². The highest BCUT2D eigenvalue weighted by atomic mass is 32.2. The normalized spacial score (nSPS) is 13.1. The molecule has 2 heteroatoms. The van der Waals surface area contributed by atoms with Gasteiger partial charge in [-0.1, -0.05) is 32.9 Å². The Morgan fingerprint density at radius 1 is 1.13 bits per heavy atom. The summed E-state index contributed by atoms with van der Waals surface area (Å²) in [5, 5.41) is 9.14. The van der Waals surface area contributed by atoms with Crippen molar-refractivity contribution in [2.75, 3.05) is 5.75 Å². The Kier molecular flexibility index (Phi) is 5.03. The molecule has 0 aliphatic heterocycles. The number of hydrogen-bond acceptors (Lipinski definition) is 2. The Bertz CT molecular complexity index is 279. The van der Waals surface area contributed by atoms with Crippen LogP contribution < -0.4 is 0 Å². The lowest BCUT2D eigenvalue weighted by Crippen LogP contribution is -2.06. The second-order valence-electron chi connectivity index (χ2n) is 4.40. The van der Waals surface area contributed by atoms with Gasteiger partial charge in [0.25, 0.3) is 0 Å². The van der Waals surface area contributed by atoms with E-state index in [-0.39, 0.29) is 0 Å².